The van der Waals surface area contributed by atoms with E-state index in [0.29, 0.717) is 18.5 Å². The Balaban J connectivity index is 2.31. The molecule has 1 heterocycles. The average molecular weight is 243 g/mol. The number of aliphatic carboxylic acids is 1. The molecule has 2 N–H and O–H groups in total. The molecule has 0 aromatic heterocycles. The van der Waals surface area contributed by atoms with Gasteiger partial charge in [-0.1, -0.05) is 13.8 Å². The van der Waals surface area contributed by atoms with Gasteiger partial charge in [0.25, 0.3) is 0 Å². The van der Waals surface area contributed by atoms with Gasteiger partial charge in [-0.15, -0.1) is 0 Å². The van der Waals surface area contributed by atoms with Gasteiger partial charge < -0.3 is 15.2 Å². The first-order chi connectivity index (χ1) is 8.09. The third-order valence-electron chi connectivity index (χ3n) is 3.21. The summed E-state index contributed by atoms with van der Waals surface area (Å²) in [6, 6.07) is 0.423. The highest BCUT2D eigenvalue weighted by Crippen LogP contribution is 2.13. The summed E-state index contributed by atoms with van der Waals surface area (Å²) in [5.74, 6) is -0.523. The number of carboxylic acid groups (broad SMARTS) is 1. The number of hydrogen-bond donors (Lipinski definition) is 2. The molecule has 2 unspecified atom stereocenters. The number of ether oxygens (including phenoxy) is 1. The van der Waals surface area contributed by atoms with E-state index in [-0.39, 0.29) is 5.92 Å². The largest absolute Gasteiger partial charge is 0.481 e. The molecular weight excluding hydrogens is 218 g/mol. The summed E-state index contributed by atoms with van der Waals surface area (Å²) in [5, 5.41) is 12.5. The average Bonchev–Trinajstić information content (AvgIpc) is 2.51. The summed E-state index contributed by atoms with van der Waals surface area (Å²) in [6.45, 7) is 6.34. The summed E-state index contributed by atoms with van der Waals surface area (Å²) in [4.78, 5) is 11.1. The van der Waals surface area contributed by atoms with Crippen molar-refractivity contribution in [2.75, 3.05) is 19.8 Å². The van der Waals surface area contributed by atoms with Crippen LogP contribution in [0, 0.1) is 11.8 Å². The SMILES string of the molecule is CC(C)CC(CNC1CCCOCC1)C(=O)O. The van der Waals surface area contributed by atoms with Crippen molar-refractivity contribution < 1.29 is 14.6 Å². The van der Waals surface area contributed by atoms with Crippen molar-refractivity contribution in [3.63, 3.8) is 0 Å². The minimum absolute atomic E-state index is 0.265. The number of rotatable bonds is 6. The molecule has 1 aliphatic heterocycles. The van der Waals surface area contributed by atoms with Crippen LogP contribution in [0.5, 0.6) is 0 Å². The quantitative estimate of drug-likeness (QED) is 0.748. The van der Waals surface area contributed by atoms with Crippen molar-refractivity contribution in [2.24, 2.45) is 11.8 Å². The van der Waals surface area contributed by atoms with E-state index >= 15 is 0 Å². The van der Waals surface area contributed by atoms with Crippen LogP contribution in [0.4, 0.5) is 0 Å². The molecule has 0 saturated carbocycles. The van der Waals surface area contributed by atoms with Crippen molar-refractivity contribution >= 4 is 5.97 Å². The molecule has 1 aliphatic rings. The Morgan fingerprint density at radius 2 is 2.18 bits per heavy atom. The molecule has 4 heteroatoms. The summed E-state index contributed by atoms with van der Waals surface area (Å²) in [5.41, 5.74) is 0. The van der Waals surface area contributed by atoms with E-state index in [9.17, 15) is 4.79 Å². The minimum atomic E-state index is -0.684. The molecule has 0 spiro atoms. The lowest BCUT2D eigenvalue weighted by molar-refractivity contribution is -0.142. The molecule has 0 amide bonds. The zero-order valence-corrected chi connectivity index (χ0v) is 10.9. The maximum Gasteiger partial charge on any atom is 0.307 e. The first kappa shape index (κ1) is 14.5. The third kappa shape index (κ3) is 6.03. The Hall–Kier alpha value is -0.610. The first-order valence-electron chi connectivity index (χ1n) is 6.63. The second-order valence-corrected chi connectivity index (χ2v) is 5.31. The fourth-order valence-electron chi connectivity index (χ4n) is 2.26. The standard InChI is InChI=1S/C13H25NO3/c1-10(2)8-11(13(15)16)9-14-12-4-3-6-17-7-5-12/h10-12,14H,3-9H2,1-2H3,(H,15,16). The van der Waals surface area contributed by atoms with Crippen LogP contribution in [0.3, 0.4) is 0 Å². The van der Waals surface area contributed by atoms with Gasteiger partial charge in [-0.05, 0) is 31.6 Å². The van der Waals surface area contributed by atoms with Gasteiger partial charge in [-0.2, -0.15) is 0 Å². The Bertz CT molecular complexity index is 223. The van der Waals surface area contributed by atoms with E-state index in [1.807, 2.05) is 0 Å². The van der Waals surface area contributed by atoms with Gasteiger partial charge in [0.1, 0.15) is 0 Å². The van der Waals surface area contributed by atoms with Crippen molar-refractivity contribution in [1.82, 2.24) is 5.32 Å². The number of carbonyl (C=O) groups is 1. The smallest absolute Gasteiger partial charge is 0.307 e. The van der Waals surface area contributed by atoms with Crippen LogP contribution in [0.25, 0.3) is 0 Å². The zero-order chi connectivity index (χ0) is 12.7. The van der Waals surface area contributed by atoms with Gasteiger partial charge in [0.15, 0.2) is 0 Å². The molecule has 0 bridgehead atoms. The summed E-state index contributed by atoms with van der Waals surface area (Å²) >= 11 is 0. The number of carboxylic acids is 1. The molecule has 4 nitrogen and oxygen atoms in total. The van der Waals surface area contributed by atoms with Gasteiger partial charge in [0.2, 0.25) is 0 Å². The van der Waals surface area contributed by atoms with Crippen molar-refractivity contribution in [1.29, 1.82) is 0 Å². The van der Waals surface area contributed by atoms with E-state index in [2.05, 4.69) is 19.2 Å². The molecule has 2 atom stereocenters. The Morgan fingerprint density at radius 3 is 2.82 bits per heavy atom. The van der Waals surface area contributed by atoms with Gasteiger partial charge in [0.05, 0.1) is 5.92 Å². The van der Waals surface area contributed by atoms with E-state index in [4.69, 9.17) is 9.84 Å². The van der Waals surface area contributed by atoms with Crippen LogP contribution in [-0.2, 0) is 9.53 Å². The van der Waals surface area contributed by atoms with E-state index in [0.717, 1.165) is 38.9 Å². The highest BCUT2D eigenvalue weighted by molar-refractivity contribution is 5.70. The van der Waals surface area contributed by atoms with Crippen molar-refractivity contribution in [2.45, 2.75) is 45.6 Å². The molecule has 100 valence electrons. The van der Waals surface area contributed by atoms with Crippen LogP contribution in [0.1, 0.15) is 39.5 Å². The Labute approximate surface area is 104 Å². The monoisotopic (exact) mass is 243 g/mol. The van der Waals surface area contributed by atoms with Gasteiger partial charge in [-0.3, -0.25) is 4.79 Å². The van der Waals surface area contributed by atoms with Crippen LogP contribution < -0.4 is 5.32 Å². The van der Waals surface area contributed by atoms with Crippen LogP contribution >= 0.6 is 0 Å². The van der Waals surface area contributed by atoms with Crippen LogP contribution in [-0.4, -0.2) is 36.9 Å². The molecule has 0 radical (unpaired) electrons. The van der Waals surface area contributed by atoms with Crippen LogP contribution in [0.15, 0.2) is 0 Å². The molecule has 0 aromatic carbocycles. The summed E-state index contributed by atoms with van der Waals surface area (Å²) in [7, 11) is 0. The van der Waals surface area contributed by atoms with Gasteiger partial charge >= 0.3 is 5.97 Å². The Morgan fingerprint density at radius 1 is 1.41 bits per heavy atom. The van der Waals surface area contributed by atoms with E-state index in [1.165, 1.54) is 0 Å². The fourth-order valence-corrected chi connectivity index (χ4v) is 2.26. The maximum atomic E-state index is 11.1. The lowest BCUT2D eigenvalue weighted by Crippen LogP contribution is -2.36. The predicted octanol–water partition coefficient (Wildman–Crippen LogP) is 1.89. The van der Waals surface area contributed by atoms with Crippen molar-refractivity contribution in [3.05, 3.63) is 0 Å². The molecule has 17 heavy (non-hydrogen) atoms. The first-order valence-corrected chi connectivity index (χ1v) is 6.63. The maximum absolute atomic E-state index is 11.1. The predicted molar refractivity (Wildman–Crippen MR) is 67.0 cm³/mol. The number of nitrogens with one attached hydrogen (secondary N) is 1. The molecule has 1 fully saturated rings. The topological polar surface area (TPSA) is 58.6 Å². The van der Waals surface area contributed by atoms with E-state index in [1.54, 1.807) is 0 Å². The molecule has 0 aliphatic carbocycles. The summed E-state index contributed by atoms with van der Waals surface area (Å²) in [6.07, 6.45) is 3.90. The highest BCUT2D eigenvalue weighted by Gasteiger charge is 2.20. The fraction of sp³-hybridized carbons (Fsp3) is 0.923. The minimum Gasteiger partial charge on any atom is -0.481 e. The number of hydrogen-bond acceptors (Lipinski definition) is 3. The Kier molecular flexibility index (Phi) is 6.52. The molecule has 1 rings (SSSR count). The molecule has 1 saturated heterocycles. The van der Waals surface area contributed by atoms with Gasteiger partial charge in [0, 0.05) is 25.8 Å². The lowest BCUT2D eigenvalue weighted by atomic mass is 9.96. The second kappa shape index (κ2) is 7.67. The van der Waals surface area contributed by atoms with Crippen LogP contribution in [0.2, 0.25) is 0 Å². The third-order valence-corrected chi connectivity index (χ3v) is 3.21. The second-order valence-electron chi connectivity index (χ2n) is 5.31. The summed E-state index contributed by atoms with van der Waals surface area (Å²) < 4.78 is 5.39. The van der Waals surface area contributed by atoms with E-state index < -0.39 is 5.97 Å². The lowest BCUT2D eigenvalue weighted by Gasteiger charge is -2.20. The molecule has 0 aromatic rings. The normalized spacial score (nSPS) is 23.4. The van der Waals surface area contributed by atoms with Gasteiger partial charge in [-0.25, -0.2) is 0 Å². The van der Waals surface area contributed by atoms with Crippen molar-refractivity contribution in [3.8, 4) is 0 Å². The zero-order valence-electron chi connectivity index (χ0n) is 10.9. The highest BCUT2D eigenvalue weighted by atomic mass is 16.5. The molecular formula is C13H25NO3.